The van der Waals surface area contributed by atoms with Crippen LogP contribution in [0.15, 0.2) is 97.1 Å². The minimum Gasteiger partial charge on any atom is -0.457 e. The van der Waals surface area contributed by atoms with Crippen LogP contribution in [0.1, 0.15) is 38.8 Å². The van der Waals surface area contributed by atoms with Crippen LogP contribution >= 0.6 is 0 Å². The summed E-state index contributed by atoms with van der Waals surface area (Å²) < 4.78 is 6.50. The van der Waals surface area contributed by atoms with E-state index in [2.05, 4.69) is 146 Å². The average Bonchev–Trinajstić information content (AvgIpc) is 3.47. The number of para-hydroxylation sites is 4. The molecule has 0 aromatic heterocycles. The van der Waals surface area contributed by atoms with Gasteiger partial charge in [0.2, 0.25) is 0 Å². The number of hydrogen-bond donors (Lipinski definition) is 0. The summed E-state index contributed by atoms with van der Waals surface area (Å²) in [6.45, 7) is 10.9. The van der Waals surface area contributed by atoms with E-state index < -0.39 is 0 Å². The highest BCUT2D eigenvalue weighted by Gasteiger charge is 2.37. The predicted molar refractivity (Wildman–Crippen MR) is 163 cm³/mol. The smallest absolute Gasteiger partial charge is 0.127 e. The molecule has 2 heterocycles. The van der Waals surface area contributed by atoms with Crippen molar-refractivity contribution in [1.82, 2.24) is 0 Å². The lowest BCUT2D eigenvalue weighted by molar-refractivity contribution is 0.460. The lowest BCUT2D eigenvalue weighted by atomic mass is 9.91. The van der Waals surface area contributed by atoms with Gasteiger partial charge in [-0.1, -0.05) is 48.5 Å². The van der Waals surface area contributed by atoms with E-state index in [1.807, 2.05) is 12.1 Å². The van der Waals surface area contributed by atoms with E-state index in [1.165, 1.54) is 33.9 Å². The molecule has 0 N–H and O–H groups in total. The zero-order chi connectivity index (χ0) is 27.4. The molecular formula is C34H38N4O. The first-order valence-electron chi connectivity index (χ1n) is 13.7. The van der Waals surface area contributed by atoms with Crippen LogP contribution in [0.3, 0.4) is 0 Å². The normalized spacial score (nSPS) is 15.0. The predicted octanol–water partition coefficient (Wildman–Crippen LogP) is 7.78. The van der Waals surface area contributed by atoms with E-state index >= 15 is 0 Å². The molecule has 4 aromatic rings. The Morgan fingerprint density at radius 3 is 1.31 bits per heavy atom. The Kier molecular flexibility index (Phi) is 5.98. The van der Waals surface area contributed by atoms with Gasteiger partial charge in [0, 0.05) is 14.1 Å². The van der Waals surface area contributed by atoms with Gasteiger partial charge in [-0.15, -0.1) is 0 Å². The first kappa shape index (κ1) is 25.2. The molecule has 0 fully saturated rings. The lowest BCUT2D eigenvalue weighted by Gasteiger charge is -2.38. The van der Waals surface area contributed by atoms with Gasteiger partial charge >= 0.3 is 0 Å². The number of ether oxygens (including phenoxy) is 1. The largest absolute Gasteiger partial charge is 0.457 e. The van der Waals surface area contributed by atoms with Gasteiger partial charge in [-0.3, -0.25) is 0 Å². The topological polar surface area (TPSA) is 22.2 Å². The van der Waals surface area contributed by atoms with Crippen LogP contribution < -0.4 is 24.3 Å². The number of hydrogen-bond acceptors (Lipinski definition) is 5. The van der Waals surface area contributed by atoms with Crippen molar-refractivity contribution in [2.24, 2.45) is 0 Å². The van der Waals surface area contributed by atoms with E-state index in [1.54, 1.807) is 0 Å². The summed E-state index contributed by atoms with van der Waals surface area (Å²) in [5, 5.41) is 0. The Hall–Kier alpha value is -4.12. The van der Waals surface area contributed by atoms with E-state index in [9.17, 15) is 0 Å². The molecule has 0 atom stereocenters. The third-order valence-corrected chi connectivity index (χ3v) is 8.54. The van der Waals surface area contributed by atoms with Crippen molar-refractivity contribution in [2.75, 3.05) is 47.0 Å². The fourth-order valence-electron chi connectivity index (χ4n) is 6.04. The Balaban J connectivity index is 1.26. The van der Waals surface area contributed by atoms with E-state index in [-0.39, 0.29) is 11.1 Å². The summed E-state index contributed by atoms with van der Waals surface area (Å²) >= 11 is 0. The zero-order valence-electron chi connectivity index (χ0n) is 23.8. The molecule has 6 rings (SSSR count). The Morgan fingerprint density at radius 2 is 0.897 bits per heavy atom. The first-order chi connectivity index (χ1) is 18.7. The fraction of sp³-hybridized carbons (Fsp3) is 0.294. The molecule has 0 saturated heterocycles. The van der Waals surface area contributed by atoms with Crippen molar-refractivity contribution < 1.29 is 4.74 Å². The monoisotopic (exact) mass is 518 g/mol. The van der Waals surface area contributed by atoms with Crippen LogP contribution in [0.4, 0.5) is 22.7 Å². The van der Waals surface area contributed by atoms with Gasteiger partial charge in [-0.2, -0.15) is 0 Å². The van der Waals surface area contributed by atoms with Gasteiger partial charge in [0.1, 0.15) is 11.5 Å². The van der Waals surface area contributed by atoms with Crippen LogP contribution in [-0.2, 0) is 11.1 Å². The Morgan fingerprint density at radius 1 is 0.513 bits per heavy atom. The number of rotatable bonds is 6. The van der Waals surface area contributed by atoms with Gasteiger partial charge in [0.15, 0.2) is 0 Å². The number of nitrogens with zero attached hydrogens (tertiary/aromatic N) is 4. The summed E-state index contributed by atoms with van der Waals surface area (Å²) in [7, 11) is 4.31. The quantitative estimate of drug-likeness (QED) is 0.259. The summed E-state index contributed by atoms with van der Waals surface area (Å²) in [6, 6.07) is 34.3. The molecule has 200 valence electrons. The second-order valence-electron chi connectivity index (χ2n) is 11.8. The maximum Gasteiger partial charge on any atom is 0.127 e. The third kappa shape index (κ3) is 4.26. The van der Waals surface area contributed by atoms with Gasteiger partial charge in [-0.05, 0) is 87.4 Å². The van der Waals surface area contributed by atoms with E-state index in [0.29, 0.717) is 0 Å². The molecule has 0 aliphatic carbocycles. The maximum absolute atomic E-state index is 6.50. The van der Waals surface area contributed by atoms with E-state index in [4.69, 9.17) is 4.74 Å². The minimum atomic E-state index is -0.209. The molecule has 0 bridgehead atoms. The van der Waals surface area contributed by atoms with Gasteiger partial charge in [0.05, 0.1) is 47.2 Å². The highest BCUT2D eigenvalue weighted by molar-refractivity contribution is 5.78. The van der Waals surface area contributed by atoms with Crippen molar-refractivity contribution in [2.45, 2.75) is 38.8 Å². The Bertz CT molecular complexity index is 1400. The summed E-state index contributed by atoms with van der Waals surface area (Å²) in [4.78, 5) is 9.55. The molecule has 0 spiro atoms. The third-order valence-electron chi connectivity index (χ3n) is 8.54. The molecule has 0 amide bonds. The summed E-state index contributed by atoms with van der Waals surface area (Å²) in [6.07, 6.45) is 0. The molecule has 5 heteroatoms. The highest BCUT2D eigenvalue weighted by Crippen LogP contribution is 2.45. The summed E-state index contributed by atoms with van der Waals surface area (Å²) in [5.74, 6) is 1.70. The minimum absolute atomic E-state index is 0.209. The fourth-order valence-corrected chi connectivity index (χ4v) is 6.04. The second-order valence-corrected chi connectivity index (χ2v) is 11.8. The second kappa shape index (κ2) is 9.26. The summed E-state index contributed by atoms with van der Waals surface area (Å²) in [5.41, 5.74) is 7.09. The van der Waals surface area contributed by atoms with Crippen LogP contribution in [0, 0.1) is 0 Å². The standard InChI is InChI=1S/C34H38N4O/c1-33(2,37-23-35(5)29-17-7-9-19-31(29)37)25-13-11-15-27(21-25)39-28-16-12-14-26(22-28)34(3,4)38-24-36(6)30-18-8-10-20-32(30)38/h7-22H,23-24H2,1-6H3. The molecule has 5 nitrogen and oxygen atoms in total. The molecule has 0 radical (unpaired) electrons. The Labute approximate surface area is 232 Å². The van der Waals surface area contributed by atoms with Gasteiger partial charge in [0.25, 0.3) is 0 Å². The number of fused-ring (bicyclic) bond motifs is 2. The van der Waals surface area contributed by atoms with Crippen LogP contribution in [0.5, 0.6) is 11.5 Å². The van der Waals surface area contributed by atoms with Crippen molar-refractivity contribution in [1.29, 1.82) is 0 Å². The first-order valence-corrected chi connectivity index (χ1v) is 13.7. The number of anilines is 4. The van der Waals surface area contributed by atoms with Crippen molar-refractivity contribution >= 4 is 22.7 Å². The van der Waals surface area contributed by atoms with Gasteiger partial charge in [-0.25, -0.2) is 0 Å². The molecular weight excluding hydrogens is 480 g/mol. The van der Waals surface area contributed by atoms with Crippen molar-refractivity contribution in [3.8, 4) is 11.5 Å². The van der Waals surface area contributed by atoms with Crippen LogP contribution in [-0.4, -0.2) is 27.4 Å². The highest BCUT2D eigenvalue weighted by atomic mass is 16.5. The van der Waals surface area contributed by atoms with Crippen molar-refractivity contribution in [3.05, 3.63) is 108 Å². The van der Waals surface area contributed by atoms with Crippen LogP contribution in [0.25, 0.3) is 0 Å². The van der Waals surface area contributed by atoms with Crippen LogP contribution in [0.2, 0.25) is 0 Å². The lowest BCUT2D eigenvalue weighted by Crippen LogP contribution is -2.43. The average molecular weight is 519 g/mol. The number of benzene rings is 4. The molecule has 4 aromatic carbocycles. The zero-order valence-corrected chi connectivity index (χ0v) is 23.8. The van der Waals surface area contributed by atoms with Crippen molar-refractivity contribution in [3.63, 3.8) is 0 Å². The molecule has 0 unspecified atom stereocenters. The molecule has 0 saturated carbocycles. The van der Waals surface area contributed by atoms with E-state index in [0.717, 1.165) is 24.8 Å². The molecule has 2 aliphatic rings. The van der Waals surface area contributed by atoms with Gasteiger partial charge < -0.3 is 24.3 Å². The molecule has 2 aliphatic heterocycles. The SMILES string of the molecule is CN1CN(C(C)(C)c2cccc(Oc3cccc(C(C)(C)N4CN(C)c5ccccc54)c3)c2)c2ccccc21. The molecule has 39 heavy (non-hydrogen) atoms. The maximum atomic E-state index is 6.50.